The average molecular weight is 1550 g/mol. The third kappa shape index (κ3) is 78.5. The molecule has 0 saturated heterocycles. The summed E-state index contributed by atoms with van der Waals surface area (Å²) in [6.45, 7) is 4.46. The number of aliphatic hydroxyl groups is 1. The lowest BCUT2D eigenvalue weighted by Crippen LogP contribution is -2.30. The van der Waals surface area contributed by atoms with Gasteiger partial charge in [0.1, 0.15) is 19.3 Å². The van der Waals surface area contributed by atoms with Gasteiger partial charge in [-0.2, -0.15) is 0 Å². The van der Waals surface area contributed by atoms with Crippen LogP contribution in [0.1, 0.15) is 310 Å². The maximum absolute atomic E-state index is 13.1. The van der Waals surface area contributed by atoms with Gasteiger partial charge in [-0.15, -0.1) is 0 Å². The van der Waals surface area contributed by atoms with Crippen molar-refractivity contribution in [3.05, 3.63) is 170 Å². The van der Waals surface area contributed by atoms with Crippen LogP contribution < -0.4 is 0 Å². The van der Waals surface area contributed by atoms with Gasteiger partial charge in [-0.1, -0.05) is 281 Å². The molecule has 614 valence electrons. The maximum atomic E-state index is 13.1. The highest BCUT2D eigenvalue weighted by atomic mass is 31.2. The first-order valence-corrected chi connectivity index (χ1v) is 44.4. The SMILES string of the molecule is CC/C=C\C/C=C\C/C=C\C/C=C\C/C=C\CCCCCC(=O)OCC(COP(=O)(O)OCC(O)COP(=O)(O)OCC(COC(=O)CCCCCCCC/C=C\C/C=C\C/C=C\CCCCC)OC(=O)CCCCCC/C=C\C/C=C\C/C=C\C/C=C\CC)OC(=O)CCCCCCC/C=C\C/C=C\CCC. The second-order valence-corrected chi connectivity index (χ2v) is 29.8. The van der Waals surface area contributed by atoms with Crippen LogP contribution in [0.25, 0.3) is 0 Å². The van der Waals surface area contributed by atoms with Crippen LogP contribution in [0.4, 0.5) is 0 Å². The van der Waals surface area contributed by atoms with Gasteiger partial charge in [0.05, 0.1) is 26.4 Å². The first-order chi connectivity index (χ1) is 52.7. The number of carbonyl (C=O) groups excluding carboxylic acids is 4. The third-order valence-corrected chi connectivity index (χ3v) is 18.5. The molecular formula is C89H146O17P2. The van der Waals surface area contributed by atoms with Crippen LogP contribution in [0, 0.1) is 0 Å². The van der Waals surface area contributed by atoms with Crippen LogP contribution in [0.2, 0.25) is 0 Å². The molecule has 0 aromatic rings. The summed E-state index contributed by atoms with van der Waals surface area (Å²) in [6, 6.07) is 0. The summed E-state index contributed by atoms with van der Waals surface area (Å²) in [7, 11) is -10.0. The van der Waals surface area contributed by atoms with Crippen molar-refractivity contribution in [1.82, 2.24) is 0 Å². The van der Waals surface area contributed by atoms with Crippen LogP contribution in [0.3, 0.4) is 0 Å². The minimum Gasteiger partial charge on any atom is -0.462 e. The fraction of sp³-hybridized carbons (Fsp3) is 0.640. The quantitative estimate of drug-likeness (QED) is 0.0169. The van der Waals surface area contributed by atoms with Crippen molar-refractivity contribution in [2.45, 2.75) is 329 Å². The van der Waals surface area contributed by atoms with E-state index in [1.54, 1.807) is 0 Å². The van der Waals surface area contributed by atoms with Crippen molar-refractivity contribution < 1.29 is 80.2 Å². The summed E-state index contributed by atoms with van der Waals surface area (Å²) in [5, 5.41) is 10.7. The lowest BCUT2D eigenvalue weighted by Gasteiger charge is -2.21. The minimum atomic E-state index is -5.00. The zero-order chi connectivity index (χ0) is 78.9. The van der Waals surface area contributed by atoms with Crippen molar-refractivity contribution in [3.8, 4) is 0 Å². The molecule has 17 nitrogen and oxygen atoms in total. The van der Waals surface area contributed by atoms with Gasteiger partial charge in [0.15, 0.2) is 12.2 Å². The summed E-state index contributed by atoms with van der Waals surface area (Å²) in [4.78, 5) is 73.2. The van der Waals surface area contributed by atoms with E-state index in [1.165, 1.54) is 19.3 Å². The van der Waals surface area contributed by atoms with E-state index in [-0.39, 0.29) is 25.7 Å². The second-order valence-electron chi connectivity index (χ2n) is 26.9. The number of phosphoric acid groups is 2. The number of esters is 4. The van der Waals surface area contributed by atoms with Crippen LogP contribution >= 0.6 is 15.6 Å². The number of allylic oxidation sites excluding steroid dienone is 28. The molecule has 0 aromatic carbocycles. The minimum absolute atomic E-state index is 0.0574. The van der Waals surface area contributed by atoms with E-state index in [9.17, 15) is 43.2 Å². The molecule has 0 fully saturated rings. The first-order valence-electron chi connectivity index (χ1n) is 41.4. The Bertz CT molecular complexity index is 2710. The Labute approximate surface area is 654 Å². The lowest BCUT2D eigenvalue weighted by atomic mass is 10.1. The zero-order valence-electron chi connectivity index (χ0n) is 67.2. The van der Waals surface area contributed by atoms with E-state index in [0.717, 1.165) is 212 Å². The highest BCUT2D eigenvalue weighted by Crippen LogP contribution is 2.45. The normalized spacial score (nSPS) is 14.7. The molecule has 0 aromatic heterocycles. The lowest BCUT2D eigenvalue weighted by molar-refractivity contribution is -0.161. The molecule has 5 unspecified atom stereocenters. The summed E-state index contributed by atoms with van der Waals surface area (Å²) >= 11 is 0. The highest BCUT2D eigenvalue weighted by Gasteiger charge is 2.30. The van der Waals surface area contributed by atoms with Gasteiger partial charge in [-0.3, -0.25) is 37.3 Å². The Kier molecular flexibility index (Phi) is 75.4. The number of ether oxygens (including phenoxy) is 4. The van der Waals surface area contributed by atoms with Crippen molar-refractivity contribution in [3.63, 3.8) is 0 Å². The number of aliphatic hydroxyl groups excluding tert-OH is 1. The second kappa shape index (κ2) is 79.5. The van der Waals surface area contributed by atoms with Gasteiger partial charge >= 0.3 is 39.5 Å². The molecule has 0 radical (unpaired) electrons. The molecule has 3 N–H and O–H groups in total. The number of hydrogen-bond acceptors (Lipinski definition) is 15. The Morgan fingerprint density at radius 3 is 0.787 bits per heavy atom. The van der Waals surface area contributed by atoms with Crippen LogP contribution in [0.15, 0.2) is 170 Å². The van der Waals surface area contributed by atoms with Gasteiger partial charge in [0.25, 0.3) is 0 Å². The van der Waals surface area contributed by atoms with Gasteiger partial charge < -0.3 is 33.8 Å². The fourth-order valence-corrected chi connectivity index (χ4v) is 12.0. The molecule has 0 rings (SSSR count). The zero-order valence-corrected chi connectivity index (χ0v) is 69.0. The van der Waals surface area contributed by atoms with Gasteiger partial charge in [-0.25, -0.2) is 9.13 Å². The number of carbonyl (C=O) groups is 4. The number of phosphoric ester groups is 2. The van der Waals surface area contributed by atoms with E-state index >= 15 is 0 Å². The molecule has 0 amide bonds. The summed E-state index contributed by atoms with van der Waals surface area (Å²) < 4.78 is 68.7. The molecule has 19 heteroatoms. The summed E-state index contributed by atoms with van der Waals surface area (Å²) in [5.41, 5.74) is 0. The van der Waals surface area contributed by atoms with E-state index in [0.29, 0.717) is 25.7 Å². The van der Waals surface area contributed by atoms with Crippen LogP contribution in [-0.2, 0) is 65.4 Å². The van der Waals surface area contributed by atoms with Crippen molar-refractivity contribution in [2.75, 3.05) is 39.6 Å². The van der Waals surface area contributed by atoms with Crippen molar-refractivity contribution in [2.24, 2.45) is 0 Å². The topological polar surface area (TPSA) is 237 Å². The van der Waals surface area contributed by atoms with Crippen molar-refractivity contribution in [1.29, 1.82) is 0 Å². The predicted molar refractivity (Wildman–Crippen MR) is 445 cm³/mol. The molecule has 0 heterocycles. The van der Waals surface area contributed by atoms with Crippen molar-refractivity contribution >= 4 is 39.5 Å². The largest absolute Gasteiger partial charge is 0.472 e. The molecule has 0 bridgehead atoms. The Hall–Kier alpha value is -5.58. The predicted octanol–water partition coefficient (Wildman–Crippen LogP) is 24.6. The Morgan fingerprint density at radius 1 is 0.269 bits per heavy atom. The maximum Gasteiger partial charge on any atom is 0.472 e. The monoisotopic (exact) mass is 1550 g/mol. The van der Waals surface area contributed by atoms with Gasteiger partial charge in [0.2, 0.25) is 0 Å². The smallest absolute Gasteiger partial charge is 0.462 e. The molecule has 0 aliphatic heterocycles. The van der Waals surface area contributed by atoms with Gasteiger partial charge in [0, 0.05) is 25.7 Å². The molecular weight excluding hydrogens is 1400 g/mol. The molecule has 0 spiro atoms. The molecule has 5 atom stereocenters. The standard InChI is InChI=1S/C89H146O17P2/c1-5-9-13-17-21-25-29-33-36-39-41-44-46-50-53-57-61-65-69-73-86(91)99-79-84(105-88(93)75-71-67-63-59-55-49-32-28-24-20-16-12-8-4)81-103-107(95,96)101-77-83(90)78-102-108(97,98)104-82-85(106-89(94)76-72-68-64-60-56-52-48-43-38-35-31-27-23-19-15-11-7-3)80-100-87(92)74-70-66-62-58-54-51-47-45-42-40-37-34-30-26-22-18-14-10-6-2/h9,11,13,15-16,20-23,25-28,32-38,41-42,44-45,48,50,52-53,83-85,90H,5-8,10,12,14,17-19,24,29-31,39-40,43,46-47,49,51,54-82H2,1-4H3,(H,95,96)(H,97,98)/b13-9-,15-11-,20-16-,25-21-,26-22-,27-23-,32-28-,36-33-,37-34-,38-35-,44-41-,45-42-,52-48-,53-50-. The highest BCUT2D eigenvalue weighted by molar-refractivity contribution is 7.47. The molecule has 108 heavy (non-hydrogen) atoms. The molecule has 0 aliphatic carbocycles. The number of hydrogen-bond donors (Lipinski definition) is 3. The van der Waals surface area contributed by atoms with E-state index in [2.05, 4.69) is 198 Å². The Morgan fingerprint density at radius 2 is 0.500 bits per heavy atom. The first kappa shape index (κ1) is 102. The third-order valence-electron chi connectivity index (χ3n) is 16.6. The number of rotatable bonds is 76. The van der Waals surface area contributed by atoms with Crippen LogP contribution in [0.5, 0.6) is 0 Å². The molecule has 0 saturated carbocycles. The fourth-order valence-electron chi connectivity index (χ4n) is 10.4. The molecule has 0 aliphatic rings. The van der Waals surface area contributed by atoms with E-state index < -0.39 is 97.5 Å². The van der Waals surface area contributed by atoms with Gasteiger partial charge in [-0.05, 0) is 173 Å². The Balaban J connectivity index is 5.44. The van der Waals surface area contributed by atoms with E-state index in [1.807, 2.05) is 0 Å². The average Bonchev–Trinajstić information content (AvgIpc) is 0.916. The summed E-state index contributed by atoms with van der Waals surface area (Å²) in [6.07, 6.45) is 94.6. The van der Waals surface area contributed by atoms with E-state index in [4.69, 9.17) is 37.0 Å². The number of unbranched alkanes of at least 4 members (excludes halogenated alkanes) is 22. The summed E-state index contributed by atoms with van der Waals surface area (Å²) in [5.74, 6) is -2.28. The van der Waals surface area contributed by atoms with Crippen LogP contribution in [-0.4, -0.2) is 96.7 Å².